The molecule has 190 valence electrons. The minimum absolute atomic E-state index is 0.0850. The highest BCUT2D eigenvalue weighted by Crippen LogP contribution is 2.44. The number of nitro benzene ring substituents is 1. The fraction of sp³-hybridized carbons (Fsp3) is 0.185. The van der Waals surface area contributed by atoms with Crippen LogP contribution in [0, 0.1) is 21.8 Å². The molecule has 1 unspecified atom stereocenters. The Morgan fingerprint density at radius 3 is 2.46 bits per heavy atom. The number of Topliss-reactive ketones (excluding diaryl/α,β-unsaturated/α-hetero) is 1. The first-order valence-electron chi connectivity index (χ1n) is 11.4. The van der Waals surface area contributed by atoms with Crippen LogP contribution >= 0.6 is 0 Å². The van der Waals surface area contributed by atoms with Crippen LogP contribution in [0.5, 0.6) is 11.5 Å². The third-order valence-corrected chi connectivity index (χ3v) is 5.75. The lowest BCUT2D eigenvalue weighted by Gasteiger charge is -2.25. The number of aliphatic hydroxyl groups excluding tert-OH is 1. The van der Waals surface area contributed by atoms with Gasteiger partial charge < -0.3 is 14.9 Å². The first-order valence-corrected chi connectivity index (χ1v) is 11.4. The van der Waals surface area contributed by atoms with Gasteiger partial charge in [0.2, 0.25) is 0 Å². The Labute approximate surface area is 211 Å². The standard InChI is InChI=1S/C27H23FN2O7/c1-15(2)14-37-20-5-3-4-17(12-20)25(32)23-24(16-6-11-22(31)21(13-16)30(35)36)29(27(34)26(23)33)19-9-7-18(28)8-10-19/h3-13,15,24,31-32H,14H2,1-2H3/b25-23-. The van der Waals surface area contributed by atoms with Crippen LogP contribution in [0.1, 0.15) is 31.0 Å². The van der Waals surface area contributed by atoms with Crippen molar-refractivity contribution in [3.8, 4) is 11.5 Å². The summed E-state index contributed by atoms with van der Waals surface area (Å²) in [6.45, 7) is 4.35. The summed E-state index contributed by atoms with van der Waals surface area (Å²) in [5.74, 6) is -3.07. The minimum atomic E-state index is -1.30. The number of benzene rings is 3. The van der Waals surface area contributed by atoms with Gasteiger partial charge in [-0.15, -0.1) is 0 Å². The van der Waals surface area contributed by atoms with Gasteiger partial charge in [-0.2, -0.15) is 0 Å². The number of anilines is 1. The molecular formula is C27H23FN2O7. The van der Waals surface area contributed by atoms with Gasteiger partial charge in [-0.1, -0.05) is 32.0 Å². The number of nitrogens with zero attached hydrogens (tertiary/aromatic N) is 2. The number of halogens is 1. The van der Waals surface area contributed by atoms with E-state index < -0.39 is 45.7 Å². The van der Waals surface area contributed by atoms with E-state index in [1.165, 1.54) is 30.3 Å². The number of rotatable bonds is 7. The number of phenolic OH excluding ortho intramolecular Hbond substituents is 1. The number of phenols is 1. The maximum atomic E-state index is 13.6. The van der Waals surface area contributed by atoms with Gasteiger partial charge >= 0.3 is 5.69 Å². The number of carbonyl (C=O) groups excluding carboxylic acids is 2. The molecule has 1 aliphatic rings. The predicted molar refractivity (Wildman–Crippen MR) is 133 cm³/mol. The molecule has 1 heterocycles. The molecule has 0 radical (unpaired) electrons. The van der Waals surface area contributed by atoms with E-state index in [1.54, 1.807) is 12.1 Å². The van der Waals surface area contributed by atoms with Crippen molar-refractivity contribution in [1.82, 2.24) is 0 Å². The van der Waals surface area contributed by atoms with E-state index in [1.807, 2.05) is 13.8 Å². The molecule has 0 aromatic heterocycles. The third kappa shape index (κ3) is 4.99. The van der Waals surface area contributed by atoms with Crippen LogP contribution in [-0.2, 0) is 9.59 Å². The van der Waals surface area contributed by atoms with E-state index in [-0.39, 0.29) is 28.3 Å². The van der Waals surface area contributed by atoms with Crippen LogP contribution in [0.15, 0.2) is 72.3 Å². The summed E-state index contributed by atoms with van der Waals surface area (Å²) in [4.78, 5) is 38.1. The predicted octanol–water partition coefficient (Wildman–Crippen LogP) is 5.10. The summed E-state index contributed by atoms with van der Waals surface area (Å²) in [7, 11) is 0. The molecule has 1 atom stereocenters. The van der Waals surface area contributed by atoms with Crippen LogP contribution < -0.4 is 9.64 Å². The van der Waals surface area contributed by atoms with Crippen LogP contribution in [0.3, 0.4) is 0 Å². The molecule has 4 rings (SSSR count). The average Bonchev–Trinajstić information content (AvgIpc) is 3.13. The number of amides is 1. The lowest BCUT2D eigenvalue weighted by molar-refractivity contribution is -0.385. The normalized spacial score (nSPS) is 16.9. The summed E-state index contributed by atoms with van der Waals surface area (Å²) < 4.78 is 19.3. The summed E-state index contributed by atoms with van der Waals surface area (Å²) in [6.07, 6.45) is 0. The lowest BCUT2D eigenvalue weighted by Crippen LogP contribution is -2.29. The maximum Gasteiger partial charge on any atom is 0.311 e. The number of ketones is 1. The number of nitro groups is 1. The van der Waals surface area contributed by atoms with Gasteiger partial charge in [-0.3, -0.25) is 24.6 Å². The van der Waals surface area contributed by atoms with E-state index >= 15 is 0 Å². The zero-order valence-corrected chi connectivity index (χ0v) is 19.9. The number of hydrogen-bond donors (Lipinski definition) is 2. The topological polar surface area (TPSA) is 130 Å². The Kier molecular flexibility index (Phi) is 6.92. The highest BCUT2D eigenvalue weighted by Gasteiger charge is 2.47. The van der Waals surface area contributed by atoms with Crippen molar-refractivity contribution < 1.29 is 33.9 Å². The summed E-state index contributed by atoms with van der Waals surface area (Å²) in [5, 5.41) is 32.7. The second kappa shape index (κ2) is 10.1. The van der Waals surface area contributed by atoms with E-state index in [2.05, 4.69) is 0 Å². The quantitative estimate of drug-likeness (QED) is 0.150. The lowest BCUT2D eigenvalue weighted by atomic mass is 9.94. The Balaban J connectivity index is 1.91. The third-order valence-electron chi connectivity index (χ3n) is 5.75. The smallest absolute Gasteiger partial charge is 0.311 e. The van der Waals surface area contributed by atoms with E-state index in [4.69, 9.17) is 4.74 Å². The Bertz CT molecular complexity index is 1420. The van der Waals surface area contributed by atoms with Crippen molar-refractivity contribution in [2.75, 3.05) is 11.5 Å². The molecule has 9 nitrogen and oxygen atoms in total. The van der Waals surface area contributed by atoms with Crippen molar-refractivity contribution >= 4 is 28.8 Å². The number of hydrogen-bond acceptors (Lipinski definition) is 7. The molecule has 0 aliphatic carbocycles. The Morgan fingerprint density at radius 1 is 1.11 bits per heavy atom. The number of aliphatic hydroxyl groups is 1. The zero-order chi connectivity index (χ0) is 26.9. The van der Waals surface area contributed by atoms with Crippen LogP contribution in [0.4, 0.5) is 15.8 Å². The van der Waals surface area contributed by atoms with Crippen molar-refractivity contribution in [3.63, 3.8) is 0 Å². The van der Waals surface area contributed by atoms with Crippen LogP contribution in [-0.4, -0.2) is 33.4 Å². The molecule has 37 heavy (non-hydrogen) atoms. The zero-order valence-electron chi connectivity index (χ0n) is 19.9. The fourth-order valence-corrected chi connectivity index (χ4v) is 4.02. The molecule has 2 N–H and O–H groups in total. The maximum absolute atomic E-state index is 13.6. The van der Waals surface area contributed by atoms with Crippen molar-refractivity contribution in [2.24, 2.45) is 5.92 Å². The molecule has 1 fully saturated rings. The molecule has 0 saturated carbocycles. The van der Waals surface area contributed by atoms with Gasteiger partial charge in [0, 0.05) is 17.3 Å². The largest absolute Gasteiger partial charge is 0.507 e. The number of carbonyl (C=O) groups is 2. The molecule has 3 aromatic rings. The molecule has 0 bridgehead atoms. The SMILES string of the molecule is CC(C)COc1cccc(/C(O)=C2/C(=O)C(=O)N(c3ccc(F)cc3)C2c2ccc(O)c([N+](=O)[O-])c2)c1. The summed E-state index contributed by atoms with van der Waals surface area (Å²) in [5.41, 5.74) is -0.558. The second-order valence-corrected chi connectivity index (χ2v) is 8.88. The van der Waals surface area contributed by atoms with E-state index in [0.717, 1.165) is 29.2 Å². The van der Waals surface area contributed by atoms with Gasteiger partial charge in [0.25, 0.3) is 11.7 Å². The average molecular weight is 506 g/mol. The Morgan fingerprint density at radius 2 is 1.81 bits per heavy atom. The number of ether oxygens (including phenoxy) is 1. The monoisotopic (exact) mass is 506 g/mol. The van der Waals surface area contributed by atoms with Gasteiger partial charge in [-0.05, 0) is 53.9 Å². The highest BCUT2D eigenvalue weighted by atomic mass is 19.1. The van der Waals surface area contributed by atoms with E-state index in [9.17, 15) is 34.3 Å². The molecule has 10 heteroatoms. The van der Waals surface area contributed by atoms with Crippen LogP contribution in [0.2, 0.25) is 0 Å². The van der Waals surface area contributed by atoms with Crippen molar-refractivity contribution in [2.45, 2.75) is 19.9 Å². The summed E-state index contributed by atoms with van der Waals surface area (Å²) >= 11 is 0. The Hall–Kier alpha value is -4.73. The molecule has 1 saturated heterocycles. The van der Waals surface area contributed by atoms with E-state index in [0.29, 0.717) is 12.4 Å². The first kappa shape index (κ1) is 25.4. The van der Waals surface area contributed by atoms with Crippen LogP contribution in [0.25, 0.3) is 5.76 Å². The molecule has 0 spiro atoms. The van der Waals surface area contributed by atoms with Crippen molar-refractivity contribution in [1.29, 1.82) is 0 Å². The van der Waals surface area contributed by atoms with Gasteiger partial charge in [0.1, 0.15) is 17.3 Å². The second-order valence-electron chi connectivity index (χ2n) is 8.88. The first-order chi connectivity index (χ1) is 17.6. The highest BCUT2D eigenvalue weighted by molar-refractivity contribution is 6.51. The molecular weight excluding hydrogens is 483 g/mol. The minimum Gasteiger partial charge on any atom is -0.507 e. The number of aromatic hydroxyl groups is 1. The van der Waals surface area contributed by atoms with Gasteiger partial charge in [-0.25, -0.2) is 4.39 Å². The summed E-state index contributed by atoms with van der Waals surface area (Å²) in [6, 6.07) is 13.2. The molecule has 3 aromatic carbocycles. The fourth-order valence-electron chi connectivity index (χ4n) is 4.02. The molecule has 1 amide bonds. The molecule has 1 aliphatic heterocycles. The van der Waals surface area contributed by atoms with Gasteiger partial charge in [0.05, 0.1) is 23.1 Å². The van der Waals surface area contributed by atoms with Gasteiger partial charge in [0.15, 0.2) is 5.75 Å². The van der Waals surface area contributed by atoms with Crippen molar-refractivity contribution in [3.05, 3.63) is 99.4 Å².